The number of pyridine rings is 1. The van der Waals surface area contributed by atoms with Gasteiger partial charge in [-0.2, -0.15) is 5.10 Å². The quantitative estimate of drug-likeness (QED) is 0.283. The van der Waals surface area contributed by atoms with Crippen LogP contribution in [-0.2, 0) is 17.9 Å². The van der Waals surface area contributed by atoms with E-state index in [9.17, 15) is 4.79 Å². The maximum atomic E-state index is 13.6. The van der Waals surface area contributed by atoms with E-state index in [1.807, 2.05) is 41.1 Å². The van der Waals surface area contributed by atoms with Crippen molar-refractivity contribution >= 4 is 5.91 Å². The van der Waals surface area contributed by atoms with Crippen LogP contribution in [0.2, 0.25) is 0 Å². The molecule has 8 heteroatoms. The summed E-state index contributed by atoms with van der Waals surface area (Å²) >= 11 is 0. The fourth-order valence-corrected chi connectivity index (χ4v) is 4.73. The predicted molar refractivity (Wildman–Crippen MR) is 150 cm³/mol. The molecule has 1 aliphatic rings. The molecule has 0 atom stereocenters. The minimum atomic E-state index is -0.0816. The van der Waals surface area contributed by atoms with Crippen molar-refractivity contribution in [2.45, 2.75) is 32.9 Å². The Morgan fingerprint density at radius 1 is 0.923 bits per heavy atom. The molecule has 0 radical (unpaired) electrons. The van der Waals surface area contributed by atoms with Crippen LogP contribution in [0.5, 0.6) is 5.75 Å². The first-order valence-corrected chi connectivity index (χ1v) is 13.4. The molecule has 0 bridgehead atoms. The van der Waals surface area contributed by atoms with Crippen molar-refractivity contribution in [3.63, 3.8) is 0 Å². The molecule has 8 nitrogen and oxygen atoms in total. The SMILES string of the molecule is CC(C)c1ccc(COc2ccc(-c3c(-c4ccncc4)nn4c3C(=O)N(CCOCCO)CC4)cc2)cc1. The van der Waals surface area contributed by atoms with Crippen molar-refractivity contribution in [2.24, 2.45) is 0 Å². The molecule has 0 saturated heterocycles. The number of nitrogens with zero attached hydrogens (tertiary/aromatic N) is 4. The average Bonchev–Trinajstić information content (AvgIpc) is 3.37. The summed E-state index contributed by atoms with van der Waals surface area (Å²) in [5, 5.41) is 13.8. The number of carbonyl (C=O) groups is 1. The molecule has 1 aliphatic heterocycles. The van der Waals surface area contributed by atoms with Gasteiger partial charge < -0.3 is 19.5 Å². The lowest BCUT2D eigenvalue weighted by atomic mass is 9.98. The monoisotopic (exact) mass is 526 g/mol. The Balaban J connectivity index is 1.40. The first-order chi connectivity index (χ1) is 19.0. The van der Waals surface area contributed by atoms with Crippen LogP contribution < -0.4 is 4.74 Å². The molecule has 2 aromatic heterocycles. The van der Waals surface area contributed by atoms with E-state index in [1.165, 1.54) is 5.56 Å². The normalized spacial score (nSPS) is 13.1. The topological polar surface area (TPSA) is 89.7 Å². The summed E-state index contributed by atoms with van der Waals surface area (Å²) in [6.45, 7) is 7.05. The Bertz CT molecular complexity index is 1380. The van der Waals surface area contributed by atoms with Gasteiger partial charge in [-0.3, -0.25) is 14.5 Å². The highest BCUT2D eigenvalue weighted by Gasteiger charge is 2.32. The fraction of sp³-hybridized carbons (Fsp3) is 0.323. The molecular formula is C31H34N4O4. The van der Waals surface area contributed by atoms with Crippen molar-refractivity contribution in [1.82, 2.24) is 19.7 Å². The fourth-order valence-electron chi connectivity index (χ4n) is 4.73. The number of rotatable bonds is 11. The van der Waals surface area contributed by atoms with Crippen LogP contribution in [0, 0.1) is 0 Å². The Kier molecular flexibility index (Phi) is 8.34. The predicted octanol–water partition coefficient (Wildman–Crippen LogP) is 4.78. The zero-order chi connectivity index (χ0) is 27.2. The van der Waals surface area contributed by atoms with Crippen molar-refractivity contribution in [3.05, 3.63) is 89.9 Å². The van der Waals surface area contributed by atoms with Gasteiger partial charge >= 0.3 is 0 Å². The van der Waals surface area contributed by atoms with Gasteiger partial charge in [0, 0.05) is 36.6 Å². The molecule has 0 spiro atoms. The highest BCUT2D eigenvalue weighted by atomic mass is 16.5. The number of ether oxygens (including phenoxy) is 2. The van der Waals surface area contributed by atoms with E-state index < -0.39 is 0 Å². The average molecular weight is 527 g/mol. The number of fused-ring (bicyclic) bond motifs is 1. The van der Waals surface area contributed by atoms with E-state index in [0.29, 0.717) is 44.5 Å². The lowest BCUT2D eigenvalue weighted by molar-refractivity contribution is 0.0517. The van der Waals surface area contributed by atoms with E-state index in [0.717, 1.165) is 33.7 Å². The Morgan fingerprint density at radius 2 is 1.67 bits per heavy atom. The van der Waals surface area contributed by atoms with Crippen LogP contribution in [0.4, 0.5) is 0 Å². The van der Waals surface area contributed by atoms with Gasteiger partial charge in [-0.25, -0.2) is 0 Å². The summed E-state index contributed by atoms with van der Waals surface area (Å²) in [5.74, 6) is 1.17. The third-order valence-corrected chi connectivity index (χ3v) is 6.91. The first-order valence-electron chi connectivity index (χ1n) is 13.4. The standard InChI is InChI=1S/C31H34N4O4/c1-22(2)24-5-3-23(4-6-24)21-39-27-9-7-25(8-10-27)28-29(26-11-13-32-14-12-26)33-35-16-15-34(31(37)30(28)35)17-19-38-20-18-36/h3-14,22,36H,15-21H2,1-2H3. The highest BCUT2D eigenvalue weighted by molar-refractivity contribution is 6.03. The van der Waals surface area contributed by atoms with Crippen LogP contribution in [0.1, 0.15) is 41.4 Å². The minimum absolute atomic E-state index is 0.0374. The number of amides is 1. The number of aromatic nitrogens is 3. The third kappa shape index (κ3) is 6.02. The molecular weight excluding hydrogens is 492 g/mol. The summed E-state index contributed by atoms with van der Waals surface area (Å²) in [4.78, 5) is 19.6. The summed E-state index contributed by atoms with van der Waals surface area (Å²) < 4.78 is 13.3. The minimum Gasteiger partial charge on any atom is -0.489 e. The summed E-state index contributed by atoms with van der Waals surface area (Å²) in [5.41, 5.74) is 6.32. The lowest BCUT2D eigenvalue weighted by Gasteiger charge is -2.28. The van der Waals surface area contributed by atoms with E-state index in [4.69, 9.17) is 19.7 Å². The van der Waals surface area contributed by atoms with E-state index >= 15 is 0 Å². The molecule has 0 saturated carbocycles. The molecule has 3 heterocycles. The number of aliphatic hydroxyl groups excluding tert-OH is 1. The number of benzene rings is 2. The van der Waals surface area contributed by atoms with Crippen LogP contribution in [0.25, 0.3) is 22.4 Å². The summed E-state index contributed by atoms with van der Waals surface area (Å²) in [7, 11) is 0. The highest BCUT2D eigenvalue weighted by Crippen LogP contribution is 2.37. The number of carbonyl (C=O) groups excluding carboxylic acids is 1. The second-order valence-electron chi connectivity index (χ2n) is 9.87. The molecule has 2 aromatic carbocycles. The first kappa shape index (κ1) is 26.6. The van der Waals surface area contributed by atoms with E-state index in [1.54, 1.807) is 17.3 Å². The third-order valence-electron chi connectivity index (χ3n) is 6.91. The van der Waals surface area contributed by atoms with Gasteiger partial charge in [0.25, 0.3) is 5.91 Å². The van der Waals surface area contributed by atoms with E-state index in [-0.39, 0.29) is 19.1 Å². The van der Waals surface area contributed by atoms with Crippen molar-refractivity contribution < 1.29 is 19.4 Å². The maximum Gasteiger partial charge on any atom is 0.272 e. The Morgan fingerprint density at radius 3 is 2.36 bits per heavy atom. The lowest BCUT2D eigenvalue weighted by Crippen LogP contribution is -2.42. The molecule has 0 fully saturated rings. The number of aliphatic hydroxyl groups is 1. The zero-order valence-electron chi connectivity index (χ0n) is 22.4. The van der Waals surface area contributed by atoms with Crippen LogP contribution >= 0.6 is 0 Å². The molecule has 39 heavy (non-hydrogen) atoms. The summed E-state index contributed by atoms with van der Waals surface area (Å²) in [6.07, 6.45) is 3.46. The Labute approximate surface area is 228 Å². The number of hydrogen-bond acceptors (Lipinski definition) is 6. The van der Waals surface area contributed by atoms with Crippen molar-refractivity contribution in [1.29, 1.82) is 0 Å². The van der Waals surface area contributed by atoms with E-state index in [2.05, 4.69) is 43.1 Å². The van der Waals surface area contributed by atoms with Crippen molar-refractivity contribution in [2.75, 3.05) is 32.9 Å². The second-order valence-corrected chi connectivity index (χ2v) is 9.87. The van der Waals surface area contributed by atoms with Gasteiger partial charge in [0.1, 0.15) is 23.7 Å². The van der Waals surface area contributed by atoms with Crippen LogP contribution in [-0.4, -0.2) is 63.6 Å². The second kappa shape index (κ2) is 12.2. The Hall–Kier alpha value is -4.01. The van der Waals surface area contributed by atoms with Gasteiger partial charge in [-0.05, 0) is 46.9 Å². The zero-order valence-corrected chi connectivity index (χ0v) is 22.4. The van der Waals surface area contributed by atoms with Gasteiger partial charge in [0.2, 0.25) is 0 Å². The molecule has 5 rings (SSSR count). The maximum absolute atomic E-state index is 13.6. The molecule has 4 aromatic rings. The molecule has 202 valence electrons. The van der Waals surface area contributed by atoms with Crippen molar-refractivity contribution in [3.8, 4) is 28.1 Å². The summed E-state index contributed by atoms with van der Waals surface area (Å²) in [6, 6.07) is 20.2. The van der Waals surface area contributed by atoms with Gasteiger partial charge in [-0.1, -0.05) is 50.2 Å². The number of hydrogen-bond donors (Lipinski definition) is 1. The molecule has 1 N–H and O–H groups in total. The molecule has 0 unspecified atom stereocenters. The van der Waals surface area contributed by atoms with Gasteiger partial charge in [0.05, 0.1) is 26.4 Å². The van der Waals surface area contributed by atoms with Gasteiger partial charge in [0.15, 0.2) is 0 Å². The van der Waals surface area contributed by atoms with Gasteiger partial charge in [-0.15, -0.1) is 0 Å². The molecule has 1 amide bonds. The molecule has 0 aliphatic carbocycles. The van der Waals surface area contributed by atoms with Crippen LogP contribution in [0.15, 0.2) is 73.1 Å². The smallest absolute Gasteiger partial charge is 0.272 e. The van der Waals surface area contributed by atoms with Crippen LogP contribution in [0.3, 0.4) is 0 Å². The largest absolute Gasteiger partial charge is 0.489 e.